The molecule has 78 valence electrons. The van der Waals surface area contributed by atoms with Crippen molar-refractivity contribution in [2.24, 2.45) is 11.7 Å². The molecule has 0 saturated heterocycles. The van der Waals surface area contributed by atoms with Crippen molar-refractivity contribution in [1.82, 2.24) is 0 Å². The van der Waals surface area contributed by atoms with Gasteiger partial charge >= 0.3 is 0 Å². The van der Waals surface area contributed by atoms with Gasteiger partial charge in [0.15, 0.2) is 0 Å². The molecular formula is C12H19NS. The van der Waals surface area contributed by atoms with Crippen molar-refractivity contribution in [3.8, 4) is 0 Å². The van der Waals surface area contributed by atoms with E-state index in [1.165, 1.54) is 42.5 Å². The minimum absolute atomic E-state index is 0.292. The summed E-state index contributed by atoms with van der Waals surface area (Å²) in [7, 11) is 0. The summed E-state index contributed by atoms with van der Waals surface area (Å²) in [6.07, 6.45) is 6.82. The Balaban J connectivity index is 2.03. The first-order valence-corrected chi connectivity index (χ1v) is 6.46. The van der Waals surface area contributed by atoms with Gasteiger partial charge < -0.3 is 5.73 Å². The fourth-order valence-corrected chi connectivity index (χ4v) is 3.16. The highest BCUT2D eigenvalue weighted by molar-refractivity contribution is 7.10. The molecule has 1 aliphatic carbocycles. The Bertz CT molecular complexity index is 286. The summed E-state index contributed by atoms with van der Waals surface area (Å²) in [5.74, 6) is 0.734. The molecule has 1 unspecified atom stereocenters. The molecule has 0 amide bonds. The Labute approximate surface area is 90.3 Å². The third-order valence-electron chi connectivity index (χ3n) is 3.29. The smallest absolute Gasteiger partial charge is 0.0331 e. The molecule has 1 fully saturated rings. The Hall–Kier alpha value is -0.340. The molecule has 1 saturated carbocycles. The molecule has 1 atom stereocenters. The van der Waals surface area contributed by atoms with Crippen LogP contribution in [0.3, 0.4) is 0 Å². The van der Waals surface area contributed by atoms with Crippen LogP contribution in [0.2, 0.25) is 0 Å². The van der Waals surface area contributed by atoms with Crippen molar-refractivity contribution >= 4 is 11.3 Å². The Kier molecular flexibility index (Phi) is 3.24. The van der Waals surface area contributed by atoms with Crippen molar-refractivity contribution in [2.75, 3.05) is 0 Å². The van der Waals surface area contributed by atoms with E-state index in [0.717, 1.165) is 5.92 Å². The molecule has 2 N–H and O–H groups in total. The van der Waals surface area contributed by atoms with Crippen LogP contribution in [0.15, 0.2) is 11.4 Å². The van der Waals surface area contributed by atoms with Gasteiger partial charge in [-0.3, -0.25) is 0 Å². The lowest BCUT2D eigenvalue weighted by Gasteiger charge is -2.26. The van der Waals surface area contributed by atoms with Crippen LogP contribution in [0.5, 0.6) is 0 Å². The Morgan fingerprint density at radius 1 is 1.36 bits per heavy atom. The van der Waals surface area contributed by atoms with E-state index in [1.807, 2.05) is 11.3 Å². The highest BCUT2D eigenvalue weighted by Crippen LogP contribution is 2.34. The number of hydrogen-bond acceptors (Lipinski definition) is 2. The second kappa shape index (κ2) is 4.45. The molecule has 0 spiro atoms. The van der Waals surface area contributed by atoms with Crippen LogP contribution in [0.1, 0.15) is 48.6 Å². The molecule has 1 aromatic heterocycles. The topological polar surface area (TPSA) is 26.0 Å². The van der Waals surface area contributed by atoms with Gasteiger partial charge in [0.25, 0.3) is 0 Å². The van der Waals surface area contributed by atoms with Gasteiger partial charge in [-0.15, -0.1) is 11.3 Å². The van der Waals surface area contributed by atoms with Gasteiger partial charge in [0.05, 0.1) is 0 Å². The van der Waals surface area contributed by atoms with E-state index in [-0.39, 0.29) is 0 Å². The summed E-state index contributed by atoms with van der Waals surface area (Å²) < 4.78 is 0. The maximum atomic E-state index is 6.29. The first-order valence-electron chi connectivity index (χ1n) is 5.58. The number of aryl methyl sites for hydroxylation is 1. The molecule has 2 rings (SSSR count). The lowest BCUT2D eigenvalue weighted by atomic mass is 9.82. The summed E-state index contributed by atoms with van der Waals surface area (Å²) in [5, 5.41) is 2.23. The normalized spacial score (nSPS) is 21.0. The second-order valence-corrected chi connectivity index (χ2v) is 5.53. The monoisotopic (exact) mass is 209 g/mol. The Morgan fingerprint density at radius 2 is 2.07 bits per heavy atom. The largest absolute Gasteiger partial charge is 0.324 e. The van der Waals surface area contributed by atoms with Gasteiger partial charge in [-0.25, -0.2) is 0 Å². The number of thiophene rings is 1. The maximum Gasteiger partial charge on any atom is 0.0331 e. The van der Waals surface area contributed by atoms with Crippen molar-refractivity contribution < 1.29 is 0 Å². The SMILES string of the molecule is Cc1cc(C(N)C2CCCCC2)cs1. The van der Waals surface area contributed by atoms with Crippen LogP contribution in [0.25, 0.3) is 0 Å². The molecule has 0 aromatic carbocycles. The minimum atomic E-state index is 0.292. The predicted molar refractivity (Wildman–Crippen MR) is 62.6 cm³/mol. The van der Waals surface area contributed by atoms with Gasteiger partial charge in [-0.05, 0) is 42.7 Å². The average Bonchev–Trinajstić information content (AvgIpc) is 2.65. The van der Waals surface area contributed by atoms with E-state index in [4.69, 9.17) is 5.73 Å². The van der Waals surface area contributed by atoms with E-state index in [9.17, 15) is 0 Å². The molecule has 1 aliphatic rings. The predicted octanol–water partition coefficient (Wildman–Crippen LogP) is 3.64. The molecule has 1 heterocycles. The first kappa shape index (κ1) is 10.2. The molecule has 0 bridgehead atoms. The molecule has 1 nitrogen and oxygen atoms in total. The van der Waals surface area contributed by atoms with Crippen LogP contribution in [-0.2, 0) is 0 Å². The Morgan fingerprint density at radius 3 is 2.64 bits per heavy atom. The van der Waals surface area contributed by atoms with Gasteiger partial charge in [0.1, 0.15) is 0 Å². The van der Waals surface area contributed by atoms with Crippen molar-refractivity contribution in [3.63, 3.8) is 0 Å². The second-order valence-electron chi connectivity index (χ2n) is 4.41. The minimum Gasteiger partial charge on any atom is -0.324 e. The van der Waals surface area contributed by atoms with Gasteiger partial charge in [-0.1, -0.05) is 19.3 Å². The van der Waals surface area contributed by atoms with Crippen molar-refractivity contribution in [1.29, 1.82) is 0 Å². The molecule has 0 aliphatic heterocycles. The first-order chi connectivity index (χ1) is 6.77. The van der Waals surface area contributed by atoms with E-state index < -0.39 is 0 Å². The zero-order valence-corrected chi connectivity index (χ0v) is 9.65. The van der Waals surface area contributed by atoms with Crippen molar-refractivity contribution in [3.05, 3.63) is 21.9 Å². The molecule has 2 heteroatoms. The number of hydrogen-bond donors (Lipinski definition) is 1. The van der Waals surface area contributed by atoms with Gasteiger partial charge in [0.2, 0.25) is 0 Å². The summed E-state index contributed by atoms with van der Waals surface area (Å²) >= 11 is 1.82. The van der Waals surface area contributed by atoms with Gasteiger partial charge in [0, 0.05) is 10.9 Å². The van der Waals surface area contributed by atoms with Crippen molar-refractivity contribution in [2.45, 2.75) is 45.1 Å². The fourth-order valence-electron chi connectivity index (χ4n) is 2.40. The van der Waals surface area contributed by atoms with Crippen LogP contribution in [-0.4, -0.2) is 0 Å². The van der Waals surface area contributed by atoms with E-state index in [2.05, 4.69) is 18.4 Å². The lowest BCUT2D eigenvalue weighted by Crippen LogP contribution is -2.22. The number of rotatable bonds is 2. The van der Waals surface area contributed by atoms with E-state index in [0.29, 0.717) is 6.04 Å². The van der Waals surface area contributed by atoms with E-state index >= 15 is 0 Å². The maximum absolute atomic E-state index is 6.29. The molecular weight excluding hydrogens is 190 g/mol. The standard InChI is InChI=1S/C12H19NS/c1-9-7-11(8-14-9)12(13)10-5-3-2-4-6-10/h7-8,10,12H,2-6,13H2,1H3. The van der Waals surface area contributed by atoms with Crippen LogP contribution in [0, 0.1) is 12.8 Å². The van der Waals surface area contributed by atoms with Crippen LogP contribution in [0.4, 0.5) is 0 Å². The average molecular weight is 209 g/mol. The highest BCUT2D eigenvalue weighted by atomic mass is 32.1. The zero-order valence-electron chi connectivity index (χ0n) is 8.83. The summed E-state index contributed by atoms with van der Waals surface area (Å²) in [5.41, 5.74) is 7.65. The lowest BCUT2D eigenvalue weighted by molar-refractivity contribution is 0.308. The van der Waals surface area contributed by atoms with Gasteiger partial charge in [-0.2, -0.15) is 0 Å². The molecule has 14 heavy (non-hydrogen) atoms. The fraction of sp³-hybridized carbons (Fsp3) is 0.667. The third-order valence-corrected chi connectivity index (χ3v) is 4.17. The molecule has 1 aromatic rings. The summed E-state index contributed by atoms with van der Waals surface area (Å²) in [6, 6.07) is 2.55. The zero-order chi connectivity index (χ0) is 9.97. The number of nitrogens with two attached hydrogens (primary N) is 1. The highest BCUT2D eigenvalue weighted by Gasteiger charge is 2.22. The van der Waals surface area contributed by atoms with E-state index in [1.54, 1.807) is 0 Å². The van der Waals surface area contributed by atoms with Crippen LogP contribution < -0.4 is 5.73 Å². The molecule has 0 radical (unpaired) electrons. The third kappa shape index (κ3) is 2.18. The summed E-state index contributed by atoms with van der Waals surface area (Å²) in [4.78, 5) is 1.38. The van der Waals surface area contributed by atoms with Crippen LogP contribution >= 0.6 is 11.3 Å². The quantitative estimate of drug-likeness (QED) is 0.790. The summed E-state index contributed by atoms with van der Waals surface area (Å²) in [6.45, 7) is 2.15.